The molecule has 0 aliphatic heterocycles. The van der Waals surface area contributed by atoms with E-state index in [2.05, 4.69) is 82.2 Å². The number of aromatic nitrogens is 6. The molecule has 0 atom stereocenters. The topological polar surface area (TPSA) is 65.8 Å². The third kappa shape index (κ3) is 9.82. The number of hydrogen-bond acceptors (Lipinski definition) is 4. The first-order valence-corrected chi connectivity index (χ1v) is 30.2. The van der Waals surface area contributed by atoms with Crippen molar-refractivity contribution in [2.75, 3.05) is 0 Å². The molecule has 434 valence electrons. The van der Waals surface area contributed by atoms with Crippen molar-refractivity contribution in [2.24, 2.45) is 0 Å². The van der Waals surface area contributed by atoms with Gasteiger partial charge < -0.3 is 9.13 Å². The van der Waals surface area contributed by atoms with Crippen LogP contribution in [0.15, 0.2) is 304 Å². The summed E-state index contributed by atoms with van der Waals surface area (Å²) >= 11 is 0. The molecule has 0 aliphatic rings. The minimum atomic E-state index is -4.74. The highest BCUT2D eigenvalue weighted by molar-refractivity contribution is 6.15. The van der Waals surface area contributed by atoms with Gasteiger partial charge in [-0.3, -0.25) is 19.9 Å². The number of fused-ring (bicyclic) bond motifs is 6. The molecule has 0 aliphatic carbocycles. The predicted molar refractivity (Wildman–Crippen MR) is 366 cm³/mol. The summed E-state index contributed by atoms with van der Waals surface area (Å²) < 4.78 is 50.9. The van der Waals surface area contributed by atoms with Gasteiger partial charge in [0, 0.05) is 90.8 Å². The zero-order valence-electron chi connectivity index (χ0n) is 49.1. The quantitative estimate of drug-likeness (QED) is 0.121. The molecule has 0 bridgehead atoms. The molecular weight excluding hydrogens is 1140 g/mol. The molecule has 0 saturated carbocycles. The fraction of sp³-hybridized carbons (Fsp3) is 0.0122. The average Bonchev–Trinajstić information content (AvgIpc) is 1.56. The minimum Gasteiger partial charge on any atom is -0.319 e. The first-order chi connectivity index (χ1) is 45.2. The minimum absolute atomic E-state index is 0.0564. The number of nitrogens with zero attached hydrogens (tertiary/aromatic N) is 7. The van der Waals surface area contributed by atoms with Gasteiger partial charge in [-0.05, 0) is 118 Å². The number of halogens is 3. The molecule has 10 heteroatoms. The zero-order valence-corrected chi connectivity index (χ0v) is 49.1. The molecule has 0 amide bonds. The van der Waals surface area contributed by atoms with Crippen LogP contribution in [0.2, 0.25) is 0 Å². The van der Waals surface area contributed by atoms with Crippen LogP contribution in [-0.2, 0) is 6.18 Å². The van der Waals surface area contributed by atoms with Crippen molar-refractivity contribution < 1.29 is 13.2 Å². The molecule has 16 aromatic rings. The normalized spacial score (nSPS) is 11.6. The SMILES string of the molecule is [C-]#[N+]c1c(-n2c3ccc(-c4ccc(-c5ccccc5)nc4)cc3c3cc(-c4ccc(-c5ccccc5)nc4)ccc32)ccc(-c2ccccc2C(F)(F)F)c1-n1c2ccc(-c3ccc(-c4ccccc4)nc3)cc2c2cc(-c3ccc(-c4ccccc4)nc3)ccc21. The van der Waals surface area contributed by atoms with Gasteiger partial charge >= 0.3 is 6.18 Å². The second-order valence-electron chi connectivity index (χ2n) is 22.8. The van der Waals surface area contributed by atoms with Crippen LogP contribution in [0.4, 0.5) is 18.9 Å². The summed E-state index contributed by atoms with van der Waals surface area (Å²) in [6.45, 7) is 9.45. The van der Waals surface area contributed by atoms with Gasteiger partial charge in [-0.25, -0.2) is 4.85 Å². The first kappa shape index (κ1) is 55.0. The Balaban J connectivity index is 0.935. The number of benzene rings is 10. The van der Waals surface area contributed by atoms with Gasteiger partial charge in [0.15, 0.2) is 0 Å². The molecule has 0 fully saturated rings. The van der Waals surface area contributed by atoms with Crippen molar-refractivity contribution in [1.82, 2.24) is 29.1 Å². The third-order valence-corrected chi connectivity index (χ3v) is 17.4. The van der Waals surface area contributed by atoms with Crippen LogP contribution < -0.4 is 0 Å². The molecule has 0 unspecified atom stereocenters. The number of pyridine rings is 4. The van der Waals surface area contributed by atoms with Crippen molar-refractivity contribution in [3.63, 3.8) is 0 Å². The lowest BCUT2D eigenvalue weighted by Gasteiger charge is -2.22. The van der Waals surface area contributed by atoms with Gasteiger partial charge in [-0.15, -0.1) is 0 Å². The van der Waals surface area contributed by atoms with Crippen molar-refractivity contribution in [1.29, 1.82) is 0 Å². The van der Waals surface area contributed by atoms with Crippen LogP contribution in [0.5, 0.6) is 0 Å². The van der Waals surface area contributed by atoms with E-state index in [-0.39, 0.29) is 16.8 Å². The van der Waals surface area contributed by atoms with Gasteiger partial charge in [0.1, 0.15) is 0 Å². The molecule has 6 aromatic heterocycles. The molecule has 7 nitrogen and oxygen atoms in total. The summed E-state index contributed by atoms with van der Waals surface area (Å²) in [6.07, 6.45) is 2.79. The Morgan fingerprint density at radius 2 is 0.609 bits per heavy atom. The standard InChI is InChI=1S/C82H50F3N7/c1-86-80-79(91-75-39-30-56(60-26-35-71(87-48-60)52-16-6-2-7-17-52)44-66(75)67-45-57(31-40-76(67)91)61-27-36-72(88-49-61)53-18-8-3-9-19-53)43-34-65(64-24-14-15-25-70(64)82(83,84)85)81(80)92-77-41-32-58(62-28-37-73(89-50-62)54-20-10-4-11-21-54)46-68(77)69-47-59(33-42-78(69)92)63-29-38-74(90-51-63)55-22-12-5-13-23-55/h2-51H. The Labute approximate surface area is 527 Å². The number of hydrogen-bond donors (Lipinski definition) is 0. The van der Waals surface area contributed by atoms with E-state index in [1.54, 1.807) is 18.2 Å². The van der Waals surface area contributed by atoms with E-state index in [1.807, 2.05) is 199 Å². The van der Waals surface area contributed by atoms with Gasteiger partial charge in [0.2, 0.25) is 5.69 Å². The molecule has 0 saturated heterocycles. The van der Waals surface area contributed by atoms with E-state index in [9.17, 15) is 6.57 Å². The van der Waals surface area contributed by atoms with Crippen molar-refractivity contribution in [2.45, 2.75) is 6.18 Å². The second kappa shape index (κ2) is 22.7. The molecule has 92 heavy (non-hydrogen) atoms. The lowest BCUT2D eigenvalue weighted by molar-refractivity contribution is -0.137. The van der Waals surface area contributed by atoms with Crippen LogP contribution in [0.3, 0.4) is 0 Å². The maximum absolute atomic E-state index is 15.6. The third-order valence-electron chi connectivity index (χ3n) is 17.4. The summed E-state index contributed by atoms with van der Waals surface area (Å²) in [5.41, 5.74) is 17.9. The fourth-order valence-corrected chi connectivity index (χ4v) is 12.9. The predicted octanol–water partition coefficient (Wildman–Crippen LogP) is 22.0. The molecule has 0 spiro atoms. The van der Waals surface area contributed by atoms with E-state index in [0.717, 1.165) is 128 Å². The smallest absolute Gasteiger partial charge is 0.319 e. The molecule has 16 rings (SSSR count). The average molecular weight is 1190 g/mol. The molecular formula is C82H50F3N7. The Morgan fingerprint density at radius 1 is 0.293 bits per heavy atom. The Kier molecular flexibility index (Phi) is 13.6. The Bertz CT molecular complexity index is 5230. The van der Waals surface area contributed by atoms with Gasteiger partial charge in [0.05, 0.1) is 68.4 Å². The summed E-state index contributed by atoms with van der Waals surface area (Å²) in [5, 5.41) is 3.45. The fourth-order valence-electron chi connectivity index (χ4n) is 12.9. The van der Waals surface area contributed by atoms with Crippen LogP contribution >= 0.6 is 0 Å². The molecule has 0 N–H and O–H groups in total. The molecule has 0 radical (unpaired) electrons. The van der Waals surface area contributed by atoms with E-state index < -0.39 is 11.7 Å². The van der Waals surface area contributed by atoms with E-state index in [4.69, 9.17) is 19.9 Å². The summed E-state index contributed by atoms with van der Waals surface area (Å²) in [6, 6.07) is 90.6. The van der Waals surface area contributed by atoms with Gasteiger partial charge in [-0.2, -0.15) is 13.2 Å². The highest BCUT2D eigenvalue weighted by Crippen LogP contribution is 2.50. The zero-order chi connectivity index (χ0) is 61.9. The monoisotopic (exact) mass is 1190 g/mol. The van der Waals surface area contributed by atoms with E-state index in [0.29, 0.717) is 22.4 Å². The maximum Gasteiger partial charge on any atom is 0.417 e. The second-order valence-corrected chi connectivity index (χ2v) is 22.8. The van der Waals surface area contributed by atoms with E-state index in [1.165, 1.54) is 12.1 Å². The van der Waals surface area contributed by atoms with Crippen LogP contribution in [-0.4, -0.2) is 29.1 Å². The van der Waals surface area contributed by atoms with Crippen molar-refractivity contribution in [3.8, 4) is 112 Å². The van der Waals surface area contributed by atoms with Crippen molar-refractivity contribution in [3.05, 3.63) is 321 Å². The Morgan fingerprint density at radius 3 is 0.924 bits per heavy atom. The van der Waals surface area contributed by atoms with Gasteiger partial charge in [0.25, 0.3) is 0 Å². The summed E-state index contributed by atoms with van der Waals surface area (Å²) in [7, 11) is 0. The highest BCUT2D eigenvalue weighted by atomic mass is 19.4. The molecule has 10 aromatic carbocycles. The lowest BCUT2D eigenvalue weighted by atomic mass is 9.95. The number of rotatable bonds is 11. The summed E-state index contributed by atoms with van der Waals surface area (Å²) in [5.74, 6) is 0. The maximum atomic E-state index is 15.6. The van der Waals surface area contributed by atoms with Gasteiger partial charge in [-0.1, -0.05) is 194 Å². The molecule has 6 heterocycles. The number of alkyl halides is 3. The van der Waals surface area contributed by atoms with Crippen LogP contribution in [0, 0.1) is 6.57 Å². The van der Waals surface area contributed by atoms with E-state index >= 15 is 13.2 Å². The Hall–Kier alpha value is -12.3. The lowest BCUT2D eigenvalue weighted by Crippen LogP contribution is -2.09. The first-order valence-electron chi connectivity index (χ1n) is 30.2. The van der Waals surface area contributed by atoms with Crippen LogP contribution in [0.1, 0.15) is 5.56 Å². The van der Waals surface area contributed by atoms with Crippen LogP contribution in [0.25, 0.3) is 160 Å². The highest BCUT2D eigenvalue weighted by Gasteiger charge is 2.35. The largest absolute Gasteiger partial charge is 0.417 e. The summed E-state index contributed by atoms with van der Waals surface area (Å²) in [4.78, 5) is 24.1. The van der Waals surface area contributed by atoms with Crippen molar-refractivity contribution >= 4 is 49.3 Å².